The number of anilines is 3. The van der Waals surface area contributed by atoms with E-state index in [4.69, 9.17) is 9.47 Å². The highest BCUT2D eigenvalue weighted by Gasteiger charge is 2.53. The van der Waals surface area contributed by atoms with Crippen LogP contribution in [0.4, 0.5) is 21.9 Å². The number of nitrogens with one attached hydrogen (secondary N) is 3. The molecule has 0 aliphatic carbocycles. The van der Waals surface area contributed by atoms with E-state index in [1.54, 1.807) is 60.7 Å². The zero-order valence-corrected chi connectivity index (χ0v) is 23.5. The highest BCUT2D eigenvalue weighted by Crippen LogP contribution is 2.43. The van der Waals surface area contributed by atoms with Crippen molar-refractivity contribution in [2.45, 2.75) is 45.6 Å². The number of aliphatic hydroxyl groups excluding tert-OH is 1. The highest BCUT2D eigenvalue weighted by molar-refractivity contribution is 6.12. The minimum atomic E-state index is -1.70. The Morgan fingerprint density at radius 2 is 1.51 bits per heavy atom. The summed E-state index contributed by atoms with van der Waals surface area (Å²) in [6.45, 7) is 6.33. The number of hydrogen-bond acceptors (Lipinski definition) is 6. The standard InChI is InChI=1S/C31H36N4O6/c1-4-40-28(41-5-2)19-35-26-9-7-6-8-25(26)31(29(35)38,18-27(37)32-23-14-10-21(3)11-15-23)34-30(39)33-24-16-12-22(20-36)13-17-24/h6-17,28,36H,4-5,18-20H2,1-3H3,(H,32,37)(H2,33,34,39). The molecule has 4 rings (SSSR count). The number of aryl methyl sites for hydroxylation is 1. The average molecular weight is 561 g/mol. The monoisotopic (exact) mass is 560 g/mol. The molecular formula is C31H36N4O6. The largest absolute Gasteiger partial charge is 0.392 e. The van der Waals surface area contributed by atoms with Gasteiger partial charge in [-0.1, -0.05) is 48.0 Å². The summed E-state index contributed by atoms with van der Waals surface area (Å²) in [5.74, 6) is -0.925. The fraction of sp³-hybridized carbons (Fsp3) is 0.323. The second-order valence-corrected chi connectivity index (χ2v) is 9.70. The van der Waals surface area contributed by atoms with E-state index in [1.165, 1.54) is 4.90 Å². The molecule has 1 aliphatic rings. The first-order valence-electron chi connectivity index (χ1n) is 13.6. The van der Waals surface area contributed by atoms with Crippen molar-refractivity contribution in [3.05, 3.63) is 89.5 Å². The smallest absolute Gasteiger partial charge is 0.320 e. The molecule has 10 heteroatoms. The number of carbonyl (C=O) groups is 3. The third kappa shape index (κ3) is 6.91. The van der Waals surface area contributed by atoms with Crippen LogP contribution < -0.4 is 20.9 Å². The molecule has 1 aliphatic heterocycles. The summed E-state index contributed by atoms with van der Waals surface area (Å²) in [7, 11) is 0. The van der Waals surface area contributed by atoms with Crippen molar-refractivity contribution in [1.29, 1.82) is 0 Å². The van der Waals surface area contributed by atoms with Gasteiger partial charge in [-0.05, 0) is 56.7 Å². The summed E-state index contributed by atoms with van der Waals surface area (Å²) < 4.78 is 11.4. The van der Waals surface area contributed by atoms with Crippen LogP contribution in [0.25, 0.3) is 0 Å². The lowest BCUT2D eigenvalue weighted by Gasteiger charge is -2.30. The maximum Gasteiger partial charge on any atom is 0.320 e. The number of amides is 4. The van der Waals surface area contributed by atoms with E-state index in [9.17, 15) is 19.5 Å². The van der Waals surface area contributed by atoms with Crippen LogP contribution in [0.2, 0.25) is 0 Å². The van der Waals surface area contributed by atoms with Crippen molar-refractivity contribution in [2.75, 3.05) is 35.3 Å². The van der Waals surface area contributed by atoms with E-state index in [1.807, 2.05) is 32.9 Å². The Bertz CT molecular complexity index is 1360. The lowest BCUT2D eigenvalue weighted by Crippen LogP contribution is -2.56. The molecule has 1 heterocycles. The second-order valence-electron chi connectivity index (χ2n) is 9.70. The van der Waals surface area contributed by atoms with Crippen LogP contribution in [-0.2, 0) is 31.2 Å². The molecular weight excluding hydrogens is 524 g/mol. The molecule has 4 amide bonds. The van der Waals surface area contributed by atoms with Crippen LogP contribution in [0.15, 0.2) is 72.8 Å². The molecule has 3 aromatic rings. The van der Waals surface area contributed by atoms with Crippen molar-refractivity contribution in [3.8, 4) is 0 Å². The van der Waals surface area contributed by atoms with Crippen molar-refractivity contribution in [1.82, 2.24) is 5.32 Å². The topological polar surface area (TPSA) is 129 Å². The predicted octanol–water partition coefficient (Wildman–Crippen LogP) is 4.28. The quantitative estimate of drug-likeness (QED) is 0.245. The Morgan fingerprint density at radius 1 is 0.902 bits per heavy atom. The third-order valence-corrected chi connectivity index (χ3v) is 6.78. The van der Waals surface area contributed by atoms with Gasteiger partial charge in [0, 0.05) is 30.2 Å². The van der Waals surface area contributed by atoms with Gasteiger partial charge in [0.2, 0.25) is 5.91 Å². The van der Waals surface area contributed by atoms with Crippen molar-refractivity contribution >= 4 is 34.9 Å². The van der Waals surface area contributed by atoms with Crippen LogP contribution in [0.1, 0.15) is 37.0 Å². The van der Waals surface area contributed by atoms with Crippen LogP contribution in [0, 0.1) is 6.92 Å². The molecule has 1 unspecified atom stereocenters. The Balaban J connectivity index is 1.68. The summed E-state index contributed by atoms with van der Waals surface area (Å²) in [5, 5.41) is 17.7. The van der Waals surface area contributed by atoms with E-state index in [0.29, 0.717) is 41.4 Å². The van der Waals surface area contributed by atoms with Gasteiger partial charge in [0.1, 0.15) is 0 Å². The lowest BCUT2D eigenvalue weighted by molar-refractivity contribution is -0.138. The Kier molecular flexibility index (Phi) is 9.72. The first-order chi connectivity index (χ1) is 19.8. The van der Waals surface area contributed by atoms with E-state index in [0.717, 1.165) is 5.56 Å². The minimum absolute atomic E-state index is 0.0742. The molecule has 216 valence electrons. The molecule has 0 aromatic heterocycles. The van der Waals surface area contributed by atoms with Gasteiger partial charge >= 0.3 is 6.03 Å². The number of rotatable bonds is 12. The summed E-state index contributed by atoms with van der Waals surface area (Å²) in [4.78, 5) is 42.6. The predicted molar refractivity (Wildman–Crippen MR) is 156 cm³/mol. The number of benzene rings is 3. The molecule has 41 heavy (non-hydrogen) atoms. The van der Waals surface area contributed by atoms with Crippen molar-refractivity contribution < 1.29 is 29.0 Å². The molecule has 0 bridgehead atoms. The van der Waals surface area contributed by atoms with Crippen LogP contribution >= 0.6 is 0 Å². The number of ether oxygens (including phenoxy) is 2. The summed E-state index contributed by atoms with van der Waals surface area (Å²) >= 11 is 0. The number of aliphatic hydroxyl groups is 1. The number of carbonyl (C=O) groups excluding carboxylic acids is 3. The van der Waals surface area contributed by atoms with E-state index in [-0.39, 0.29) is 19.6 Å². The summed E-state index contributed by atoms with van der Waals surface area (Å²) in [6, 6.07) is 20.4. The molecule has 0 saturated carbocycles. The van der Waals surface area contributed by atoms with Gasteiger partial charge in [0.05, 0.1) is 25.3 Å². The molecule has 1 atom stereocenters. The highest BCUT2D eigenvalue weighted by atomic mass is 16.7. The maximum absolute atomic E-state index is 14.3. The SMILES string of the molecule is CCOC(CN1C(=O)C(CC(=O)Nc2ccc(C)cc2)(NC(=O)Nc2ccc(CO)cc2)c2ccccc21)OCC. The fourth-order valence-electron chi connectivity index (χ4n) is 4.85. The van der Waals surface area contributed by atoms with Crippen LogP contribution in [0.5, 0.6) is 0 Å². The minimum Gasteiger partial charge on any atom is -0.392 e. The van der Waals surface area contributed by atoms with Gasteiger partial charge in [0.25, 0.3) is 5.91 Å². The zero-order chi connectivity index (χ0) is 29.4. The first kappa shape index (κ1) is 29.7. The fourth-order valence-corrected chi connectivity index (χ4v) is 4.85. The molecule has 10 nitrogen and oxygen atoms in total. The van der Waals surface area contributed by atoms with Gasteiger partial charge in [-0.3, -0.25) is 9.59 Å². The van der Waals surface area contributed by atoms with Gasteiger partial charge in [-0.2, -0.15) is 0 Å². The Hall–Kier alpha value is -4.25. The second kappa shape index (κ2) is 13.4. The lowest BCUT2D eigenvalue weighted by atomic mass is 9.87. The molecule has 3 aromatic carbocycles. The third-order valence-electron chi connectivity index (χ3n) is 6.78. The zero-order valence-electron chi connectivity index (χ0n) is 23.5. The van der Waals surface area contributed by atoms with E-state index < -0.39 is 29.7 Å². The molecule has 4 N–H and O–H groups in total. The first-order valence-corrected chi connectivity index (χ1v) is 13.6. The number of hydrogen-bond donors (Lipinski definition) is 4. The Morgan fingerprint density at radius 3 is 2.15 bits per heavy atom. The average Bonchev–Trinajstić information content (AvgIpc) is 3.17. The molecule has 0 radical (unpaired) electrons. The van der Waals surface area contributed by atoms with Crippen molar-refractivity contribution in [3.63, 3.8) is 0 Å². The van der Waals surface area contributed by atoms with Gasteiger partial charge in [-0.25, -0.2) is 4.79 Å². The molecule has 0 fully saturated rings. The molecule has 0 saturated heterocycles. The van der Waals surface area contributed by atoms with Gasteiger partial charge < -0.3 is 35.4 Å². The number of para-hydroxylation sites is 1. The van der Waals surface area contributed by atoms with E-state index >= 15 is 0 Å². The number of nitrogens with zero attached hydrogens (tertiary/aromatic N) is 1. The Labute approximate surface area is 239 Å². The van der Waals surface area contributed by atoms with Crippen LogP contribution in [0.3, 0.4) is 0 Å². The molecule has 0 spiro atoms. The number of urea groups is 1. The summed E-state index contributed by atoms with van der Waals surface area (Å²) in [5.41, 5.74) is 2.10. The maximum atomic E-state index is 14.3. The number of fused-ring (bicyclic) bond motifs is 1. The summed E-state index contributed by atoms with van der Waals surface area (Å²) in [6.07, 6.45) is -1.05. The van der Waals surface area contributed by atoms with E-state index in [2.05, 4.69) is 16.0 Å². The van der Waals surface area contributed by atoms with Gasteiger partial charge in [0.15, 0.2) is 11.8 Å². The normalized spacial score (nSPS) is 16.0. The van der Waals surface area contributed by atoms with Crippen LogP contribution in [-0.4, -0.2) is 49.0 Å². The van der Waals surface area contributed by atoms with Crippen molar-refractivity contribution in [2.24, 2.45) is 0 Å². The van der Waals surface area contributed by atoms with Gasteiger partial charge in [-0.15, -0.1) is 0 Å².